The van der Waals surface area contributed by atoms with Gasteiger partial charge in [0.2, 0.25) is 0 Å². The molecule has 0 aliphatic heterocycles. The van der Waals surface area contributed by atoms with Crippen LogP contribution in [0.15, 0.2) is 18.2 Å². The highest BCUT2D eigenvalue weighted by Gasteiger charge is 2.32. The SMILES string of the molecule is CN(CC1(O)CCCC1)c1ccc(CNC2CC2)c(Cl)c1. The summed E-state index contributed by atoms with van der Waals surface area (Å²) in [4.78, 5) is 2.12. The van der Waals surface area contributed by atoms with E-state index in [1.54, 1.807) is 0 Å². The highest BCUT2D eigenvalue weighted by atomic mass is 35.5. The number of nitrogens with zero attached hydrogens (tertiary/aromatic N) is 1. The van der Waals surface area contributed by atoms with Crippen LogP contribution in [-0.2, 0) is 6.54 Å². The minimum Gasteiger partial charge on any atom is -0.388 e. The molecule has 0 radical (unpaired) electrons. The number of halogens is 1. The summed E-state index contributed by atoms with van der Waals surface area (Å²) in [7, 11) is 2.03. The highest BCUT2D eigenvalue weighted by molar-refractivity contribution is 6.31. The van der Waals surface area contributed by atoms with Gasteiger partial charge in [0.05, 0.1) is 5.60 Å². The van der Waals surface area contributed by atoms with Gasteiger partial charge in [0, 0.05) is 36.9 Å². The smallest absolute Gasteiger partial charge is 0.0821 e. The summed E-state index contributed by atoms with van der Waals surface area (Å²) in [5.41, 5.74) is 1.71. The third-order valence-electron chi connectivity index (χ3n) is 4.70. The van der Waals surface area contributed by atoms with Crippen molar-refractivity contribution in [2.45, 2.75) is 56.7 Å². The molecule has 0 amide bonds. The normalized spacial score (nSPS) is 20.7. The first-order valence-electron chi connectivity index (χ1n) is 8.01. The van der Waals surface area contributed by atoms with Gasteiger partial charge in [-0.05, 0) is 43.4 Å². The van der Waals surface area contributed by atoms with Gasteiger partial charge in [-0.15, -0.1) is 0 Å². The zero-order valence-electron chi connectivity index (χ0n) is 12.7. The van der Waals surface area contributed by atoms with E-state index >= 15 is 0 Å². The van der Waals surface area contributed by atoms with Gasteiger partial charge >= 0.3 is 0 Å². The minimum atomic E-state index is -0.520. The van der Waals surface area contributed by atoms with E-state index in [2.05, 4.69) is 22.3 Å². The number of aliphatic hydroxyl groups is 1. The van der Waals surface area contributed by atoms with E-state index in [0.29, 0.717) is 12.6 Å². The van der Waals surface area contributed by atoms with E-state index in [9.17, 15) is 5.11 Å². The summed E-state index contributed by atoms with van der Waals surface area (Å²) < 4.78 is 0. The Morgan fingerprint density at radius 1 is 1.33 bits per heavy atom. The maximum absolute atomic E-state index is 10.5. The van der Waals surface area contributed by atoms with E-state index in [0.717, 1.165) is 48.5 Å². The zero-order chi connectivity index (χ0) is 14.9. The van der Waals surface area contributed by atoms with Crippen LogP contribution in [-0.4, -0.2) is 30.3 Å². The number of likely N-dealkylation sites (N-methyl/N-ethyl adjacent to an activating group) is 1. The number of hydrogen-bond acceptors (Lipinski definition) is 3. The number of nitrogens with one attached hydrogen (secondary N) is 1. The Morgan fingerprint density at radius 2 is 2.05 bits per heavy atom. The first-order valence-corrected chi connectivity index (χ1v) is 8.39. The van der Waals surface area contributed by atoms with Gasteiger partial charge in [0.25, 0.3) is 0 Å². The third kappa shape index (κ3) is 3.91. The molecule has 4 heteroatoms. The first kappa shape index (κ1) is 15.1. The molecule has 3 nitrogen and oxygen atoms in total. The average molecular weight is 309 g/mol. The summed E-state index contributed by atoms with van der Waals surface area (Å²) in [6.07, 6.45) is 6.67. The van der Waals surface area contributed by atoms with Gasteiger partial charge in [-0.2, -0.15) is 0 Å². The molecule has 3 rings (SSSR count). The Labute approximate surface area is 132 Å². The predicted molar refractivity (Wildman–Crippen MR) is 88.0 cm³/mol. The van der Waals surface area contributed by atoms with Crippen LogP contribution >= 0.6 is 11.6 Å². The van der Waals surface area contributed by atoms with Gasteiger partial charge < -0.3 is 15.3 Å². The minimum absolute atomic E-state index is 0.520. The molecule has 0 heterocycles. The number of rotatable bonds is 6. The van der Waals surface area contributed by atoms with E-state index in [4.69, 9.17) is 11.6 Å². The molecule has 0 spiro atoms. The van der Waals surface area contributed by atoms with Crippen LogP contribution in [0.5, 0.6) is 0 Å². The Bertz CT molecular complexity index is 496. The molecule has 1 aromatic carbocycles. The Morgan fingerprint density at radius 3 is 2.67 bits per heavy atom. The number of benzene rings is 1. The van der Waals surface area contributed by atoms with Crippen LogP contribution in [0.3, 0.4) is 0 Å². The van der Waals surface area contributed by atoms with Gasteiger partial charge in [-0.1, -0.05) is 30.5 Å². The highest BCUT2D eigenvalue weighted by Crippen LogP contribution is 2.32. The maximum atomic E-state index is 10.5. The van der Waals surface area contributed by atoms with Gasteiger partial charge in [-0.3, -0.25) is 0 Å². The lowest BCUT2D eigenvalue weighted by Crippen LogP contribution is -2.39. The van der Waals surface area contributed by atoms with Crippen LogP contribution in [0.25, 0.3) is 0 Å². The van der Waals surface area contributed by atoms with Crippen LogP contribution in [0.4, 0.5) is 5.69 Å². The van der Waals surface area contributed by atoms with E-state index in [1.807, 2.05) is 13.1 Å². The summed E-state index contributed by atoms with van der Waals surface area (Å²) in [6, 6.07) is 6.92. The van der Waals surface area contributed by atoms with E-state index in [1.165, 1.54) is 12.8 Å². The van der Waals surface area contributed by atoms with Crippen molar-refractivity contribution in [3.8, 4) is 0 Å². The lowest BCUT2D eigenvalue weighted by molar-refractivity contribution is 0.0559. The summed E-state index contributed by atoms with van der Waals surface area (Å²) in [5, 5.41) is 14.8. The average Bonchev–Trinajstić information content (AvgIpc) is 3.18. The molecule has 116 valence electrons. The molecule has 1 aromatic rings. The van der Waals surface area contributed by atoms with Crippen LogP contribution in [0.1, 0.15) is 44.1 Å². The second-order valence-electron chi connectivity index (χ2n) is 6.72. The van der Waals surface area contributed by atoms with Crippen molar-refractivity contribution < 1.29 is 5.11 Å². The van der Waals surface area contributed by atoms with Crippen molar-refractivity contribution in [3.05, 3.63) is 28.8 Å². The second-order valence-corrected chi connectivity index (χ2v) is 7.13. The lowest BCUT2D eigenvalue weighted by Gasteiger charge is -2.30. The van der Waals surface area contributed by atoms with Crippen LogP contribution in [0.2, 0.25) is 5.02 Å². The van der Waals surface area contributed by atoms with Crippen molar-refractivity contribution in [2.75, 3.05) is 18.5 Å². The second kappa shape index (κ2) is 6.15. The molecule has 2 aliphatic carbocycles. The molecule has 0 atom stereocenters. The molecule has 0 aromatic heterocycles. The first-order chi connectivity index (χ1) is 10.1. The van der Waals surface area contributed by atoms with Gasteiger partial charge in [0.15, 0.2) is 0 Å². The van der Waals surface area contributed by atoms with Crippen molar-refractivity contribution in [2.24, 2.45) is 0 Å². The summed E-state index contributed by atoms with van der Waals surface area (Å²) >= 11 is 6.40. The Balaban J connectivity index is 1.62. The molecule has 2 N–H and O–H groups in total. The molecule has 2 saturated carbocycles. The third-order valence-corrected chi connectivity index (χ3v) is 5.05. The van der Waals surface area contributed by atoms with Crippen molar-refractivity contribution in [1.29, 1.82) is 0 Å². The number of hydrogen-bond donors (Lipinski definition) is 2. The molecular formula is C17H25ClN2O. The van der Waals surface area contributed by atoms with Crippen molar-refractivity contribution in [3.63, 3.8) is 0 Å². The largest absolute Gasteiger partial charge is 0.388 e. The quantitative estimate of drug-likeness (QED) is 0.846. The monoisotopic (exact) mass is 308 g/mol. The number of anilines is 1. The zero-order valence-corrected chi connectivity index (χ0v) is 13.5. The predicted octanol–water partition coefficient (Wildman–Crippen LogP) is 3.33. The molecule has 2 fully saturated rings. The van der Waals surface area contributed by atoms with Crippen LogP contribution in [0, 0.1) is 0 Å². The fourth-order valence-electron chi connectivity index (χ4n) is 3.18. The fourth-order valence-corrected chi connectivity index (χ4v) is 3.42. The van der Waals surface area contributed by atoms with Gasteiger partial charge in [-0.25, -0.2) is 0 Å². The Hall–Kier alpha value is -0.770. The van der Waals surface area contributed by atoms with E-state index in [-0.39, 0.29) is 0 Å². The summed E-state index contributed by atoms with van der Waals surface area (Å²) in [5.74, 6) is 0. The topological polar surface area (TPSA) is 35.5 Å². The van der Waals surface area contributed by atoms with E-state index < -0.39 is 5.60 Å². The Kier molecular flexibility index (Phi) is 4.43. The molecular weight excluding hydrogens is 284 g/mol. The summed E-state index contributed by atoms with van der Waals surface area (Å²) in [6.45, 7) is 1.53. The molecule has 0 bridgehead atoms. The fraction of sp³-hybridized carbons (Fsp3) is 0.647. The van der Waals surface area contributed by atoms with Gasteiger partial charge in [0.1, 0.15) is 0 Å². The molecule has 2 aliphatic rings. The maximum Gasteiger partial charge on any atom is 0.0821 e. The molecule has 0 unspecified atom stereocenters. The van der Waals surface area contributed by atoms with Crippen molar-refractivity contribution in [1.82, 2.24) is 5.32 Å². The van der Waals surface area contributed by atoms with Crippen molar-refractivity contribution >= 4 is 17.3 Å². The molecule has 21 heavy (non-hydrogen) atoms. The lowest BCUT2D eigenvalue weighted by atomic mass is 10.0. The standard InChI is InChI=1S/C17H25ClN2O/c1-20(12-17(21)8-2-3-9-17)15-7-4-13(16(18)10-15)11-19-14-5-6-14/h4,7,10,14,19,21H,2-3,5-6,8-9,11-12H2,1H3. The van der Waals surface area contributed by atoms with Crippen LogP contribution < -0.4 is 10.2 Å². The molecule has 0 saturated heterocycles.